The van der Waals surface area contributed by atoms with E-state index in [9.17, 15) is 13.2 Å². The first-order chi connectivity index (χ1) is 11.8. The monoisotopic (exact) mass is 443 g/mol. The van der Waals surface area contributed by atoms with Crippen molar-refractivity contribution in [3.63, 3.8) is 0 Å². The highest BCUT2D eigenvalue weighted by atomic mass is 79.9. The molecule has 1 aliphatic carbocycles. The predicted octanol–water partition coefficient (Wildman–Crippen LogP) is 4.22. The number of hydrogen-bond acceptors (Lipinski definition) is 5. The lowest BCUT2D eigenvalue weighted by Gasteiger charge is -2.18. The van der Waals surface area contributed by atoms with E-state index in [1.165, 1.54) is 30.6 Å². The summed E-state index contributed by atoms with van der Waals surface area (Å²) in [5.74, 6) is 0.0214. The molecular formula is C17H18BrNO4S2. The van der Waals surface area contributed by atoms with Crippen LogP contribution in [0.15, 0.2) is 33.6 Å². The highest BCUT2D eigenvalue weighted by Gasteiger charge is 2.30. The van der Waals surface area contributed by atoms with Gasteiger partial charge in [-0.1, -0.05) is 22.9 Å². The second kappa shape index (κ2) is 7.09. The van der Waals surface area contributed by atoms with Crippen LogP contribution < -0.4 is 4.72 Å². The van der Waals surface area contributed by atoms with Gasteiger partial charge in [-0.05, 0) is 55.0 Å². The number of benzene rings is 1. The SMILES string of the molecule is COC(=O)c1c(NS(=O)(=O)c2ccc(Br)cc2)sc2c1CC[C@@H](C)C2. The molecule has 0 aliphatic heterocycles. The van der Waals surface area contributed by atoms with Gasteiger partial charge in [0.05, 0.1) is 17.6 Å². The quantitative estimate of drug-likeness (QED) is 0.717. The molecule has 0 radical (unpaired) electrons. The molecule has 1 N–H and O–H groups in total. The van der Waals surface area contributed by atoms with E-state index < -0.39 is 16.0 Å². The lowest BCUT2D eigenvalue weighted by Crippen LogP contribution is -2.16. The van der Waals surface area contributed by atoms with Gasteiger partial charge in [0.15, 0.2) is 0 Å². The number of methoxy groups -OCH3 is 1. The molecule has 0 spiro atoms. The van der Waals surface area contributed by atoms with Gasteiger partial charge in [-0.2, -0.15) is 0 Å². The molecule has 5 nitrogen and oxygen atoms in total. The summed E-state index contributed by atoms with van der Waals surface area (Å²) in [6.45, 7) is 2.16. The van der Waals surface area contributed by atoms with Gasteiger partial charge in [-0.25, -0.2) is 13.2 Å². The summed E-state index contributed by atoms with van der Waals surface area (Å²) < 4.78 is 33.6. The Morgan fingerprint density at radius 2 is 2.00 bits per heavy atom. The van der Waals surface area contributed by atoms with Crippen LogP contribution in [0.1, 0.15) is 34.1 Å². The third-order valence-corrected chi connectivity index (χ3v) is 7.45. The van der Waals surface area contributed by atoms with Crippen LogP contribution in [-0.4, -0.2) is 21.5 Å². The molecule has 1 atom stereocenters. The van der Waals surface area contributed by atoms with Crippen molar-refractivity contribution in [3.8, 4) is 0 Å². The third kappa shape index (κ3) is 3.75. The lowest BCUT2D eigenvalue weighted by atomic mass is 9.88. The Morgan fingerprint density at radius 1 is 1.32 bits per heavy atom. The Bertz CT molecular complexity index is 903. The topological polar surface area (TPSA) is 72.5 Å². The van der Waals surface area contributed by atoms with E-state index >= 15 is 0 Å². The molecular weight excluding hydrogens is 426 g/mol. The van der Waals surface area contributed by atoms with Crippen molar-refractivity contribution in [2.24, 2.45) is 5.92 Å². The lowest BCUT2D eigenvalue weighted by molar-refractivity contribution is 0.0601. The molecule has 2 aromatic rings. The minimum atomic E-state index is -3.78. The van der Waals surface area contributed by atoms with E-state index in [0.717, 1.165) is 34.2 Å². The second-order valence-corrected chi connectivity index (χ2v) is 9.81. The number of nitrogens with one attached hydrogen (secondary N) is 1. The maximum Gasteiger partial charge on any atom is 0.341 e. The number of anilines is 1. The highest BCUT2D eigenvalue weighted by Crippen LogP contribution is 2.40. The number of ether oxygens (including phenoxy) is 1. The third-order valence-electron chi connectivity index (χ3n) is 4.25. The minimum absolute atomic E-state index is 0.145. The number of thiophene rings is 1. The van der Waals surface area contributed by atoms with Gasteiger partial charge in [0, 0.05) is 9.35 Å². The number of hydrogen-bond donors (Lipinski definition) is 1. The van der Waals surface area contributed by atoms with Crippen LogP contribution >= 0.6 is 27.3 Å². The van der Waals surface area contributed by atoms with Gasteiger partial charge in [-0.15, -0.1) is 11.3 Å². The molecule has 0 fully saturated rings. The Balaban J connectivity index is 2.02. The maximum atomic E-state index is 12.7. The molecule has 0 bridgehead atoms. The first-order valence-corrected chi connectivity index (χ1v) is 10.9. The first-order valence-electron chi connectivity index (χ1n) is 7.83. The van der Waals surface area contributed by atoms with Crippen LogP contribution in [-0.2, 0) is 27.6 Å². The number of carbonyl (C=O) groups excluding carboxylic acids is 1. The van der Waals surface area contributed by atoms with Gasteiger partial charge in [0.25, 0.3) is 10.0 Å². The van der Waals surface area contributed by atoms with Crippen molar-refractivity contribution in [1.82, 2.24) is 0 Å². The molecule has 1 aromatic carbocycles. The number of esters is 1. The number of halogens is 1. The number of sulfonamides is 1. The van der Waals surface area contributed by atoms with Crippen molar-refractivity contribution in [1.29, 1.82) is 0 Å². The van der Waals surface area contributed by atoms with Crippen LogP contribution in [0, 0.1) is 5.92 Å². The van der Waals surface area contributed by atoms with Gasteiger partial charge in [-0.3, -0.25) is 4.72 Å². The Labute approximate surface area is 159 Å². The minimum Gasteiger partial charge on any atom is -0.465 e. The largest absolute Gasteiger partial charge is 0.465 e. The van der Waals surface area contributed by atoms with Crippen molar-refractivity contribution in [2.75, 3.05) is 11.8 Å². The zero-order valence-electron chi connectivity index (χ0n) is 13.8. The van der Waals surface area contributed by atoms with E-state index in [4.69, 9.17) is 4.74 Å². The molecule has 1 heterocycles. The van der Waals surface area contributed by atoms with Crippen molar-refractivity contribution >= 4 is 48.3 Å². The smallest absolute Gasteiger partial charge is 0.341 e. The summed E-state index contributed by atoms with van der Waals surface area (Å²) in [6, 6.07) is 6.35. The first kappa shape index (κ1) is 18.4. The highest BCUT2D eigenvalue weighted by molar-refractivity contribution is 9.10. The molecule has 3 rings (SSSR count). The predicted molar refractivity (Wildman–Crippen MR) is 102 cm³/mol. The summed E-state index contributed by atoms with van der Waals surface area (Å²) in [6.07, 6.45) is 2.59. The van der Waals surface area contributed by atoms with Crippen LogP contribution in [0.2, 0.25) is 0 Å². The number of fused-ring (bicyclic) bond motifs is 1. The second-order valence-electron chi connectivity index (χ2n) is 6.11. The van der Waals surface area contributed by atoms with E-state index in [0.29, 0.717) is 16.5 Å². The number of rotatable bonds is 4. The average molecular weight is 444 g/mol. The molecule has 0 unspecified atom stereocenters. The van der Waals surface area contributed by atoms with Gasteiger partial charge in [0.1, 0.15) is 5.00 Å². The Morgan fingerprint density at radius 3 is 2.64 bits per heavy atom. The van der Waals surface area contributed by atoms with Crippen molar-refractivity contribution in [3.05, 3.63) is 44.7 Å². The summed E-state index contributed by atoms with van der Waals surface area (Å²) in [7, 11) is -2.47. The van der Waals surface area contributed by atoms with Gasteiger partial charge < -0.3 is 4.74 Å². The summed E-state index contributed by atoms with van der Waals surface area (Å²) in [4.78, 5) is 13.5. The van der Waals surface area contributed by atoms with Crippen molar-refractivity contribution < 1.29 is 17.9 Å². The van der Waals surface area contributed by atoms with E-state index in [1.807, 2.05) is 0 Å². The van der Waals surface area contributed by atoms with Crippen LogP contribution in [0.5, 0.6) is 0 Å². The van der Waals surface area contributed by atoms with E-state index in [2.05, 4.69) is 27.6 Å². The van der Waals surface area contributed by atoms with Crippen molar-refractivity contribution in [2.45, 2.75) is 31.1 Å². The van der Waals surface area contributed by atoms with Crippen LogP contribution in [0.3, 0.4) is 0 Å². The fraction of sp³-hybridized carbons (Fsp3) is 0.353. The average Bonchev–Trinajstić information content (AvgIpc) is 2.90. The molecule has 8 heteroatoms. The summed E-state index contributed by atoms with van der Waals surface area (Å²) in [5, 5.41) is 0.342. The van der Waals surface area contributed by atoms with E-state index in [-0.39, 0.29) is 4.90 Å². The fourth-order valence-corrected chi connectivity index (χ4v) is 5.90. The molecule has 134 valence electrons. The maximum absolute atomic E-state index is 12.7. The zero-order valence-corrected chi connectivity index (χ0v) is 17.1. The summed E-state index contributed by atoms with van der Waals surface area (Å²) >= 11 is 4.62. The zero-order chi connectivity index (χ0) is 18.2. The van der Waals surface area contributed by atoms with E-state index in [1.54, 1.807) is 12.1 Å². The normalized spacial score (nSPS) is 17.0. The fourth-order valence-electron chi connectivity index (χ4n) is 2.94. The standard InChI is InChI=1S/C17H18BrNO4S2/c1-10-3-8-13-14(9-10)24-16(15(13)17(20)23-2)19-25(21,22)12-6-4-11(18)5-7-12/h4-7,10,19H,3,8-9H2,1-2H3/t10-/m1/s1. The van der Waals surface area contributed by atoms with Gasteiger partial charge >= 0.3 is 5.97 Å². The Kier molecular flexibility index (Phi) is 5.22. The molecule has 1 aromatic heterocycles. The molecule has 0 amide bonds. The molecule has 1 aliphatic rings. The Hall–Kier alpha value is -1.38. The summed E-state index contributed by atoms with van der Waals surface area (Å²) in [5.41, 5.74) is 1.28. The van der Waals surface area contributed by atoms with Gasteiger partial charge in [0.2, 0.25) is 0 Å². The molecule has 25 heavy (non-hydrogen) atoms. The molecule has 0 saturated carbocycles. The van der Waals surface area contributed by atoms with Crippen LogP contribution in [0.4, 0.5) is 5.00 Å². The van der Waals surface area contributed by atoms with Crippen LogP contribution in [0.25, 0.3) is 0 Å². The molecule has 0 saturated heterocycles. The number of carbonyl (C=O) groups is 1.